The summed E-state index contributed by atoms with van der Waals surface area (Å²) < 4.78 is 5.17. The summed E-state index contributed by atoms with van der Waals surface area (Å²) in [7, 11) is 0. The molecule has 3 nitrogen and oxygen atoms in total. The lowest BCUT2D eigenvalue weighted by atomic mass is 9.89. The lowest BCUT2D eigenvalue weighted by molar-refractivity contribution is -0.117. The van der Waals surface area contributed by atoms with Crippen LogP contribution in [0.25, 0.3) is 6.08 Å². The molecule has 1 aliphatic carbocycles. The Kier molecular flexibility index (Phi) is 4.42. The van der Waals surface area contributed by atoms with Crippen LogP contribution in [0, 0.1) is 0 Å². The minimum absolute atomic E-state index is 0.000905. The Morgan fingerprint density at radius 3 is 2.82 bits per heavy atom. The van der Waals surface area contributed by atoms with Gasteiger partial charge in [0.2, 0.25) is 5.91 Å². The summed E-state index contributed by atoms with van der Waals surface area (Å²) in [5.41, 5.74) is 4.07. The van der Waals surface area contributed by atoms with Crippen LogP contribution in [0.2, 0.25) is 0 Å². The van der Waals surface area contributed by atoms with Crippen LogP contribution in [0.1, 0.15) is 48.3 Å². The van der Waals surface area contributed by atoms with Gasteiger partial charge in [-0.05, 0) is 67.5 Å². The molecule has 0 saturated carbocycles. The van der Waals surface area contributed by atoms with Gasteiger partial charge < -0.3 is 9.73 Å². The molecule has 114 valence electrons. The Morgan fingerprint density at radius 1 is 1.23 bits per heavy atom. The van der Waals surface area contributed by atoms with Gasteiger partial charge in [0.25, 0.3) is 0 Å². The number of amides is 1. The van der Waals surface area contributed by atoms with Gasteiger partial charge in [0.1, 0.15) is 5.76 Å². The fraction of sp³-hybridized carbons (Fsp3) is 0.316. The third-order valence-electron chi connectivity index (χ3n) is 4.17. The van der Waals surface area contributed by atoms with Crippen molar-refractivity contribution in [2.75, 3.05) is 0 Å². The molecule has 0 aliphatic heterocycles. The van der Waals surface area contributed by atoms with Crippen molar-refractivity contribution >= 4 is 12.0 Å². The molecule has 0 fully saturated rings. The highest BCUT2D eigenvalue weighted by Gasteiger charge is 2.13. The van der Waals surface area contributed by atoms with E-state index in [1.165, 1.54) is 42.0 Å². The summed E-state index contributed by atoms with van der Waals surface area (Å²) in [4.78, 5) is 12.0. The van der Waals surface area contributed by atoms with E-state index in [2.05, 4.69) is 23.5 Å². The van der Waals surface area contributed by atoms with Crippen LogP contribution >= 0.6 is 0 Å². The Balaban J connectivity index is 1.64. The molecule has 3 heteroatoms. The largest absolute Gasteiger partial charge is 0.465 e. The fourth-order valence-electron chi connectivity index (χ4n) is 2.91. The van der Waals surface area contributed by atoms with Crippen molar-refractivity contribution in [1.29, 1.82) is 0 Å². The number of aryl methyl sites for hydroxylation is 2. The number of benzene rings is 1. The normalized spacial score (nSPS) is 15.5. The van der Waals surface area contributed by atoms with E-state index in [4.69, 9.17) is 4.42 Å². The highest BCUT2D eigenvalue weighted by molar-refractivity contribution is 5.91. The van der Waals surface area contributed by atoms with E-state index in [9.17, 15) is 4.79 Å². The Morgan fingerprint density at radius 2 is 2.05 bits per heavy atom. The average Bonchev–Trinajstić information content (AvgIpc) is 3.06. The zero-order valence-corrected chi connectivity index (χ0v) is 12.8. The molecular formula is C19H21NO2. The van der Waals surface area contributed by atoms with Gasteiger partial charge in [0.05, 0.1) is 12.3 Å². The monoisotopic (exact) mass is 295 g/mol. The first-order valence-corrected chi connectivity index (χ1v) is 7.86. The van der Waals surface area contributed by atoms with Crippen LogP contribution in [0.3, 0.4) is 0 Å². The smallest absolute Gasteiger partial charge is 0.244 e. The van der Waals surface area contributed by atoms with Crippen molar-refractivity contribution in [3.05, 3.63) is 65.1 Å². The molecule has 1 aromatic heterocycles. The third-order valence-corrected chi connectivity index (χ3v) is 4.17. The molecule has 0 unspecified atom stereocenters. The van der Waals surface area contributed by atoms with E-state index in [0.29, 0.717) is 5.76 Å². The molecule has 1 atom stereocenters. The van der Waals surface area contributed by atoms with Crippen LogP contribution in [-0.2, 0) is 17.6 Å². The third kappa shape index (κ3) is 3.48. The van der Waals surface area contributed by atoms with Crippen molar-refractivity contribution in [2.24, 2.45) is 0 Å². The number of carbonyl (C=O) groups excluding carboxylic acids is 1. The zero-order chi connectivity index (χ0) is 15.4. The van der Waals surface area contributed by atoms with Crippen molar-refractivity contribution in [3.63, 3.8) is 0 Å². The summed E-state index contributed by atoms with van der Waals surface area (Å²) in [5, 5.41) is 3.00. The molecule has 1 aliphatic rings. The number of hydrogen-bond acceptors (Lipinski definition) is 2. The molecule has 1 N–H and O–H groups in total. The van der Waals surface area contributed by atoms with Crippen molar-refractivity contribution in [2.45, 2.75) is 38.6 Å². The number of nitrogens with one attached hydrogen (secondary N) is 1. The van der Waals surface area contributed by atoms with E-state index in [-0.39, 0.29) is 11.9 Å². The molecule has 22 heavy (non-hydrogen) atoms. The number of furan rings is 1. The fourth-order valence-corrected chi connectivity index (χ4v) is 2.91. The second kappa shape index (κ2) is 6.65. The summed E-state index contributed by atoms with van der Waals surface area (Å²) in [6.07, 6.45) is 9.67. The molecule has 0 bridgehead atoms. The Bertz CT molecular complexity index is 671. The van der Waals surface area contributed by atoms with E-state index in [0.717, 1.165) is 6.42 Å². The quantitative estimate of drug-likeness (QED) is 0.865. The van der Waals surface area contributed by atoms with Crippen molar-refractivity contribution in [3.8, 4) is 0 Å². The van der Waals surface area contributed by atoms with Crippen LogP contribution in [-0.4, -0.2) is 5.91 Å². The van der Waals surface area contributed by atoms with Gasteiger partial charge in [0, 0.05) is 6.08 Å². The minimum atomic E-state index is -0.110. The van der Waals surface area contributed by atoms with Crippen LogP contribution < -0.4 is 5.32 Å². The molecule has 0 saturated heterocycles. The van der Waals surface area contributed by atoms with Gasteiger partial charge in [-0.15, -0.1) is 0 Å². The molecule has 1 heterocycles. The maximum Gasteiger partial charge on any atom is 0.244 e. The summed E-state index contributed by atoms with van der Waals surface area (Å²) in [6.45, 7) is 2.02. The SMILES string of the molecule is C[C@H](NC(=O)/C=C/c1ccco1)c1ccc2c(c1)CCCC2. The van der Waals surface area contributed by atoms with Crippen LogP contribution in [0.5, 0.6) is 0 Å². The van der Waals surface area contributed by atoms with Gasteiger partial charge in [-0.25, -0.2) is 0 Å². The summed E-state index contributed by atoms with van der Waals surface area (Å²) >= 11 is 0. The van der Waals surface area contributed by atoms with E-state index in [1.807, 2.05) is 13.0 Å². The van der Waals surface area contributed by atoms with Crippen molar-refractivity contribution < 1.29 is 9.21 Å². The summed E-state index contributed by atoms with van der Waals surface area (Å²) in [5.74, 6) is 0.568. The van der Waals surface area contributed by atoms with E-state index < -0.39 is 0 Å². The highest BCUT2D eigenvalue weighted by Crippen LogP contribution is 2.24. The number of fused-ring (bicyclic) bond motifs is 1. The van der Waals surface area contributed by atoms with Gasteiger partial charge in [-0.1, -0.05) is 18.2 Å². The first-order chi connectivity index (χ1) is 10.7. The predicted octanol–water partition coefficient (Wildman–Crippen LogP) is 4.05. The average molecular weight is 295 g/mol. The van der Waals surface area contributed by atoms with Crippen LogP contribution in [0.4, 0.5) is 0 Å². The first-order valence-electron chi connectivity index (χ1n) is 7.86. The maximum atomic E-state index is 12.0. The number of rotatable bonds is 4. The molecule has 1 aromatic carbocycles. The molecular weight excluding hydrogens is 274 g/mol. The molecule has 0 radical (unpaired) electrons. The molecule has 0 spiro atoms. The van der Waals surface area contributed by atoms with Gasteiger partial charge in [0.15, 0.2) is 0 Å². The van der Waals surface area contributed by atoms with E-state index >= 15 is 0 Å². The number of carbonyl (C=O) groups is 1. The molecule has 1 amide bonds. The standard InChI is InChI=1S/C19H21NO2/c1-14(20-19(21)11-10-18-7-4-12-22-18)16-9-8-15-5-2-3-6-17(15)13-16/h4,7-14H,2-3,5-6H2,1H3,(H,20,21)/b11-10+/t14-/m0/s1. The highest BCUT2D eigenvalue weighted by atomic mass is 16.3. The predicted molar refractivity (Wildman–Crippen MR) is 87.4 cm³/mol. The summed E-state index contributed by atoms with van der Waals surface area (Å²) in [6, 6.07) is 10.2. The Hall–Kier alpha value is -2.29. The second-order valence-corrected chi connectivity index (χ2v) is 5.81. The second-order valence-electron chi connectivity index (χ2n) is 5.81. The maximum absolute atomic E-state index is 12.0. The number of hydrogen-bond donors (Lipinski definition) is 1. The van der Waals surface area contributed by atoms with Crippen molar-refractivity contribution in [1.82, 2.24) is 5.32 Å². The first kappa shape index (κ1) is 14.6. The lowest BCUT2D eigenvalue weighted by Crippen LogP contribution is -2.24. The zero-order valence-electron chi connectivity index (χ0n) is 12.8. The van der Waals surface area contributed by atoms with E-state index in [1.54, 1.807) is 18.4 Å². The topological polar surface area (TPSA) is 42.2 Å². The molecule has 2 aromatic rings. The van der Waals surface area contributed by atoms with Gasteiger partial charge in [-0.2, -0.15) is 0 Å². The lowest BCUT2D eigenvalue weighted by Gasteiger charge is -2.19. The van der Waals surface area contributed by atoms with Crippen LogP contribution in [0.15, 0.2) is 47.1 Å². The van der Waals surface area contributed by atoms with Gasteiger partial charge >= 0.3 is 0 Å². The molecule has 3 rings (SSSR count). The van der Waals surface area contributed by atoms with Gasteiger partial charge in [-0.3, -0.25) is 4.79 Å². The minimum Gasteiger partial charge on any atom is -0.465 e. The Labute approximate surface area is 131 Å².